The summed E-state index contributed by atoms with van der Waals surface area (Å²) < 4.78 is 0. The number of nitrogens with zero attached hydrogens (tertiary/aromatic N) is 2. The summed E-state index contributed by atoms with van der Waals surface area (Å²) in [6, 6.07) is 11.1. The van der Waals surface area contributed by atoms with Crippen molar-refractivity contribution in [2.24, 2.45) is 5.84 Å². The first kappa shape index (κ1) is 12.5. The summed E-state index contributed by atoms with van der Waals surface area (Å²) in [6.45, 7) is 0. The van der Waals surface area contributed by atoms with Gasteiger partial charge >= 0.3 is 0 Å². The fraction of sp³-hybridized carbons (Fsp3) is 0.0833. The van der Waals surface area contributed by atoms with Crippen LogP contribution >= 0.6 is 11.8 Å². The average molecular weight is 260 g/mol. The van der Waals surface area contributed by atoms with Gasteiger partial charge in [0.25, 0.3) is 5.91 Å². The van der Waals surface area contributed by atoms with Gasteiger partial charge in [0.1, 0.15) is 5.25 Å². The van der Waals surface area contributed by atoms with Crippen molar-refractivity contribution in [3.8, 4) is 0 Å². The van der Waals surface area contributed by atoms with Crippen molar-refractivity contribution in [2.75, 3.05) is 0 Å². The Morgan fingerprint density at radius 3 is 2.44 bits per heavy atom. The molecular formula is C12H12N4OS. The highest BCUT2D eigenvalue weighted by atomic mass is 32.2. The van der Waals surface area contributed by atoms with Crippen molar-refractivity contribution in [3.63, 3.8) is 0 Å². The smallest absolute Gasteiger partial charge is 0.251 e. The summed E-state index contributed by atoms with van der Waals surface area (Å²) >= 11 is 1.26. The second-order valence-electron chi connectivity index (χ2n) is 3.45. The van der Waals surface area contributed by atoms with E-state index in [1.165, 1.54) is 11.8 Å². The minimum Gasteiger partial charge on any atom is -0.293 e. The molecular weight excluding hydrogens is 248 g/mol. The number of aromatic nitrogens is 2. The second-order valence-corrected chi connectivity index (χ2v) is 4.52. The van der Waals surface area contributed by atoms with Gasteiger partial charge in [-0.15, -0.1) is 0 Å². The molecule has 1 atom stereocenters. The van der Waals surface area contributed by atoms with Crippen LogP contribution in [0.4, 0.5) is 0 Å². The fourth-order valence-corrected chi connectivity index (χ4v) is 2.35. The highest BCUT2D eigenvalue weighted by molar-refractivity contribution is 8.00. The molecule has 0 saturated heterocycles. The first-order valence-corrected chi connectivity index (χ1v) is 6.18. The van der Waals surface area contributed by atoms with E-state index in [0.717, 1.165) is 5.56 Å². The molecule has 1 unspecified atom stereocenters. The molecule has 3 N–H and O–H groups in total. The molecule has 1 heterocycles. The normalized spacial score (nSPS) is 11.8. The lowest BCUT2D eigenvalue weighted by atomic mass is 10.1. The summed E-state index contributed by atoms with van der Waals surface area (Å²) in [5.74, 6) is 4.93. The molecule has 0 bridgehead atoms. The number of hydrogen-bond donors (Lipinski definition) is 2. The van der Waals surface area contributed by atoms with E-state index in [0.29, 0.717) is 5.16 Å². The molecule has 5 nitrogen and oxygen atoms in total. The number of nitrogens with one attached hydrogen (secondary N) is 1. The second kappa shape index (κ2) is 6.13. The maximum Gasteiger partial charge on any atom is 0.251 e. The Bertz CT molecular complexity index is 506. The maximum absolute atomic E-state index is 11.8. The third kappa shape index (κ3) is 3.06. The Morgan fingerprint density at radius 2 is 1.83 bits per heavy atom. The van der Waals surface area contributed by atoms with E-state index in [1.54, 1.807) is 18.5 Å². The topological polar surface area (TPSA) is 80.9 Å². The monoisotopic (exact) mass is 260 g/mol. The number of hydrazine groups is 1. The fourth-order valence-electron chi connectivity index (χ4n) is 1.43. The predicted molar refractivity (Wildman–Crippen MR) is 69.4 cm³/mol. The average Bonchev–Trinajstić information content (AvgIpc) is 2.46. The van der Waals surface area contributed by atoms with Gasteiger partial charge in [-0.3, -0.25) is 10.2 Å². The van der Waals surface area contributed by atoms with Crippen LogP contribution < -0.4 is 11.3 Å². The number of nitrogens with two attached hydrogens (primary N) is 1. The Balaban J connectivity index is 2.24. The minimum atomic E-state index is -0.460. The molecule has 0 aliphatic carbocycles. The number of thioether (sulfide) groups is 1. The van der Waals surface area contributed by atoms with Crippen molar-refractivity contribution in [3.05, 3.63) is 54.4 Å². The third-order valence-electron chi connectivity index (χ3n) is 2.25. The van der Waals surface area contributed by atoms with Crippen LogP contribution in [0.1, 0.15) is 10.8 Å². The number of amides is 1. The lowest BCUT2D eigenvalue weighted by molar-refractivity contribution is -0.120. The summed E-state index contributed by atoms with van der Waals surface area (Å²) in [4.78, 5) is 20.0. The van der Waals surface area contributed by atoms with Gasteiger partial charge in [0.2, 0.25) is 0 Å². The van der Waals surface area contributed by atoms with Crippen molar-refractivity contribution in [2.45, 2.75) is 10.4 Å². The maximum atomic E-state index is 11.8. The van der Waals surface area contributed by atoms with Gasteiger partial charge in [-0.1, -0.05) is 42.1 Å². The quantitative estimate of drug-likeness (QED) is 0.285. The van der Waals surface area contributed by atoms with Gasteiger partial charge in [0.15, 0.2) is 5.16 Å². The van der Waals surface area contributed by atoms with Gasteiger partial charge in [-0.2, -0.15) is 0 Å². The van der Waals surface area contributed by atoms with Crippen molar-refractivity contribution >= 4 is 17.7 Å². The Kier molecular flexibility index (Phi) is 4.27. The van der Waals surface area contributed by atoms with Crippen LogP contribution in [0.5, 0.6) is 0 Å². The minimum absolute atomic E-state index is 0.279. The van der Waals surface area contributed by atoms with Gasteiger partial charge in [0, 0.05) is 12.4 Å². The van der Waals surface area contributed by atoms with Crippen LogP contribution in [-0.2, 0) is 4.79 Å². The predicted octanol–water partition coefficient (Wildman–Crippen LogP) is 1.30. The molecule has 1 amide bonds. The van der Waals surface area contributed by atoms with Gasteiger partial charge < -0.3 is 0 Å². The molecule has 1 aromatic carbocycles. The van der Waals surface area contributed by atoms with Crippen LogP contribution in [0.3, 0.4) is 0 Å². The number of rotatable bonds is 4. The molecule has 92 valence electrons. The first-order valence-electron chi connectivity index (χ1n) is 5.30. The van der Waals surface area contributed by atoms with Crippen LogP contribution in [0, 0.1) is 0 Å². The SMILES string of the molecule is NNC(=O)C(Sc1ncccn1)c1ccccc1. The standard InChI is InChI=1S/C12H12N4OS/c13-16-11(17)10(9-5-2-1-3-6-9)18-12-14-7-4-8-15-12/h1-8,10H,13H2,(H,16,17). The van der Waals surface area contributed by atoms with Gasteiger partial charge in [0.05, 0.1) is 0 Å². The number of hydrogen-bond acceptors (Lipinski definition) is 5. The van der Waals surface area contributed by atoms with E-state index >= 15 is 0 Å². The first-order chi connectivity index (χ1) is 8.81. The van der Waals surface area contributed by atoms with E-state index in [4.69, 9.17) is 5.84 Å². The summed E-state index contributed by atoms with van der Waals surface area (Å²) in [7, 11) is 0. The Labute approximate surface area is 109 Å². The van der Waals surface area contributed by atoms with Crippen LogP contribution in [-0.4, -0.2) is 15.9 Å². The lowest BCUT2D eigenvalue weighted by Gasteiger charge is -2.13. The highest BCUT2D eigenvalue weighted by Gasteiger charge is 2.22. The van der Waals surface area contributed by atoms with Crippen molar-refractivity contribution in [1.29, 1.82) is 0 Å². The molecule has 6 heteroatoms. The van der Waals surface area contributed by atoms with Crippen LogP contribution in [0.25, 0.3) is 0 Å². The molecule has 0 saturated carbocycles. The van der Waals surface area contributed by atoms with Crippen LogP contribution in [0.2, 0.25) is 0 Å². The largest absolute Gasteiger partial charge is 0.293 e. The molecule has 0 radical (unpaired) electrons. The number of carbonyl (C=O) groups excluding carboxylic acids is 1. The molecule has 0 fully saturated rings. The zero-order chi connectivity index (χ0) is 12.8. The molecule has 0 aliphatic heterocycles. The highest BCUT2D eigenvalue weighted by Crippen LogP contribution is 2.32. The molecule has 1 aromatic heterocycles. The zero-order valence-corrected chi connectivity index (χ0v) is 10.3. The van der Waals surface area contributed by atoms with Gasteiger partial charge in [-0.25, -0.2) is 15.8 Å². The Morgan fingerprint density at radius 1 is 1.17 bits per heavy atom. The number of carbonyl (C=O) groups is 1. The van der Waals surface area contributed by atoms with Crippen molar-refractivity contribution in [1.82, 2.24) is 15.4 Å². The van der Waals surface area contributed by atoms with Crippen LogP contribution in [0.15, 0.2) is 53.9 Å². The molecule has 0 aliphatic rings. The van der Waals surface area contributed by atoms with E-state index in [-0.39, 0.29) is 5.91 Å². The summed E-state index contributed by atoms with van der Waals surface area (Å²) in [6.07, 6.45) is 3.27. The van der Waals surface area contributed by atoms with E-state index in [2.05, 4.69) is 15.4 Å². The summed E-state index contributed by atoms with van der Waals surface area (Å²) in [5.41, 5.74) is 3.03. The number of benzene rings is 1. The zero-order valence-electron chi connectivity index (χ0n) is 9.48. The molecule has 2 rings (SSSR count). The molecule has 0 spiro atoms. The Hall–Kier alpha value is -1.92. The molecule has 2 aromatic rings. The van der Waals surface area contributed by atoms with Crippen molar-refractivity contribution < 1.29 is 4.79 Å². The van der Waals surface area contributed by atoms with Gasteiger partial charge in [-0.05, 0) is 11.6 Å². The molecule has 18 heavy (non-hydrogen) atoms. The van der Waals surface area contributed by atoms with E-state index < -0.39 is 5.25 Å². The summed E-state index contributed by atoms with van der Waals surface area (Å²) in [5, 5.41) is 0.0774. The van der Waals surface area contributed by atoms with E-state index in [9.17, 15) is 4.79 Å². The third-order valence-corrected chi connectivity index (χ3v) is 3.39. The lowest BCUT2D eigenvalue weighted by Crippen LogP contribution is -2.33. The van der Waals surface area contributed by atoms with E-state index in [1.807, 2.05) is 30.3 Å².